The predicted molar refractivity (Wildman–Crippen MR) is 114 cm³/mol. The fraction of sp³-hybridized carbons (Fsp3) is 0.235. The Morgan fingerprint density at radius 2 is 1.97 bits per heavy atom. The normalized spacial score (nSPS) is 11.6. The van der Waals surface area contributed by atoms with Crippen LogP contribution in [0.5, 0.6) is 0 Å². The molecule has 29 heavy (non-hydrogen) atoms. The quantitative estimate of drug-likeness (QED) is 0.603. The Bertz CT molecular complexity index is 1150. The summed E-state index contributed by atoms with van der Waals surface area (Å²) >= 11 is 1.25. The van der Waals surface area contributed by atoms with Gasteiger partial charge in [0.1, 0.15) is 6.33 Å². The van der Waals surface area contributed by atoms with Crippen molar-refractivity contribution >= 4 is 33.6 Å². The van der Waals surface area contributed by atoms with E-state index in [0.717, 1.165) is 21.4 Å². The molecule has 0 spiro atoms. The molecule has 0 saturated heterocycles. The molecule has 1 aromatic carbocycles. The zero-order valence-electron chi connectivity index (χ0n) is 14.6. The van der Waals surface area contributed by atoms with Gasteiger partial charge in [0, 0.05) is 19.0 Å². The summed E-state index contributed by atoms with van der Waals surface area (Å²) in [6.07, 6.45) is 4.41. The first kappa shape index (κ1) is 24.7. The maximum absolute atomic E-state index is 12.7. The molecule has 3 rings (SSSR count). The first-order valence-electron chi connectivity index (χ1n) is 7.73. The second-order valence-corrected chi connectivity index (χ2v) is 8.74. The second-order valence-electron chi connectivity index (χ2n) is 5.72. The van der Waals surface area contributed by atoms with Crippen LogP contribution in [0.15, 0.2) is 58.4 Å². The summed E-state index contributed by atoms with van der Waals surface area (Å²) in [6.45, 7) is -0.0509. The lowest BCUT2D eigenvalue weighted by Gasteiger charge is -2.01. The topological polar surface area (TPSA) is 113 Å². The van der Waals surface area contributed by atoms with Crippen LogP contribution >= 0.6 is 23.7 Å². The number of hydrogen-bond donors (Lipinski definition) is 1. The lowest BCUT2D eigenvalue weighted by atomic mass is 10.2. The van der Waals surface area contributed by atoms with Crippen molar-refractivity contribution in [3.05, 3.63) is 59.2 Å². The van der Waals surface area contributed by atoms with Crippen molar-refractivity contribution in [2.45, 2.75) is 18.9 Å². The van der Waals surface area contributed by atoms with Crippen molar-refractivity contribution in [1.29, 1.82) is 0 Å². The highest BCUT2D eigenvalue weighted by molar-refractivity contribution is 7.90. The number of nitrogens with zero attached hydrogens (tertiary/aromatic N) is 4. The molecule has 0 aliphatic heterocycles. The summed E-state index contributed by atoms with van der Waals surface area (Å²) < 4.78 is 38.1. The first-order chi connectivity index (χ1) is 12.8. The molecule has 0 aliphatic rings. The molecular weight excluding hydrogens is 441 g/mol. The standard InChI is InChI=1S/C16H16FN5O3S2.CH4.ClH/c1-27(24,25)13-4-2-12(3-5-13)14-8-19-15(26-14)21-10-20-22(16(21)23)9-11(6-17)7-18;;/h2-6,8,10H,7,9,18H2,1H3;1H4;1H/b11-6-;;. The van der Waals surface area contributed by atoms with Crippen LogP contribution in [0.3, 0.4) is 0 Å². The number of sulfone groups is 1. The van der Waals surface area contributed by atoms with E-state index in [1.54, 1.807) is 18.3 Å². The third-order valence-electron chi connectivity index (χ3n) is 3.77. The molecule has 12 heteroatoms. The number of aromatic nitrogens is 4. The van der Waals surface area contributed by atoms with E-state index < -0.39 is 15.5 Å². The van der Waals surface area contributed by atoms with Gasteiger partial charge in [0.2, 0.25) is 0 Å². The molecule has 0 aliphatic carbocycles. The summed E-state index contributed by atoms with van der Waals surface area (Å²) in [7, 11) is -3.27. The van der Waals surface area contributed by atoms with Crippen LogP contribution in [0.2, 0.25) is 0 Å². The number of nitrogens with two attached hydrogens (primary N) is 1. The largest absolute Gasteiger partial charge is 0.352 e. The Morgan fingerprint density at radius 3 is 2.52 bits per heavy atom. The van der Waals surface area contributed by atoms with Crippen molar-refractivity contribution < 1.29 is 12.8 Å². The van der Waals surface area contributed by atoms with Gasteiger partial charge in [-0.25, -0.2) is 31.8 Å². The molecule has 0 atom stereocenters. The fourth-order valence-electron chi connectivity index (χ4n) is 2.29. The van der Waals surface area contributed by atoms with Gasteiger partial charge in [0.05, 0.1) is 22.6 Å². The molecule has 2 heterocycles. The lowest BCUT2D eigenvalue weighted by Crippen LogP contribution is -2.25. The molecular formula is C17H21ClFN5O3S2. The SMILES string of the molecule is C.CS(=O)(=O)c1ccc(-c2cnc(-n3cnn(C/C(=C\F)CN)c3=O)s2)cc1.Cl. The van der Waals surface area contributed by atoms with Crippen LogP contribution in [0.4, 0.5) is 4.39 Å². The Kier molecular flexibility index (Phi) is 8.45. The van der Waals surface area contributed by atoms with Gasteiger partial charge in [-0.15, -0.1) is 12.4 Å². The van der Waals surface area contributed by atoms with Crippen LogP contribution in [0, 0.1) is 0 Å². The Hall–Kier alpha value is -2.34. The van der Waals surface area contributed by atoms with Gasteiger partial charge in [-0.1, -0.05) is 30.9 Å². The molecule has 0 amide bonds. The van der Waals surface area contributed by atoms with Gasteiger partial charge < -0.3 is 5.73 Å². The van der Waals surface area contributed by atoms with E-state index in [1.807, 2.05) is 0 Å². The van der Waals surface area contributed by atoms with E-state index in [2.05, 4.69) is 10.1 Å². The van der Waals surface area contributed by atoms with E-state index >= 15 is 0 Å². The highest BCUT2D eigenvalue weighted by atomic mass is 35.5. The summed E-state index contributed by atoms with van der Waals surface area (Å²) in [4.78, 5) is 17.6. The van der Waals surface area contributed by atoms with Crippen molar-refractivity contribution in [3.8, 4) is 15.6 Å². The number of benzene rings is 1. The van der Waals surface area contributed by atoms with Gasteiger partial charge in [0.15, 0.2) is 15.0 Å². The van der Waals surface area contributed by atoms with Gasteiger partial charge >= 0.3 is 5.69 Å². The van der Waals surface area contributed by atoms with Gasteiger partial charge in [-0.05, 0) is 23.3 Å². The molecule has 0 fully saturated rings. The molecule has 0 bridgehead atoms. The minimum atomic E-state index is -3.27. The molecule has 2 N–H and O–H groups in total. The third-order valence-corrected chi connectivity index (χ3v) is 5.94. The molecule has 0 unspecified atom stereocenters. The highest BCUT2D eigenvalue weighted by Crippen LogP contribution is 2.28. The summed E-state index contributed by atoms with van der Waals surface area (Å²) in [5.41, 5.74) is 5.96. The smallest absolute Gasteiger partial charge is 0.327 e. The number of rotatable bonds is 6. The van der Waals surface area contributed by atoms with Crippen LogP contribution in [0.25, 0.3) is 15.6 Å². The molecule has 0 radical (unpaired) electrons. The minimum Gasteiger partial charge on any atom is -0.327 e. The van der Waals surface area contributed by atoms with Crippen LogP contribution in [-0.4, -0.2) is 40.5 Å². The summed E-state index contributed by atoms with van der Waals surface area (Å²) in [5, 5.41) is 4.35. The van der Waals surface area contributed by atoms with Crippen molar-refractivity contribution in [3.63, 3.8) is 0 Å². The van der Waals surface area contributed by atoms with Crippen LogP contribution in [-0.2, 0) is 16.4 Å². The summed E-state index contributed by atoms with van der Waals surface area (Å²) in [6, 6.07) is 6.40. The Balaban J connectivity index is 0.00000210. The average molecular weight is 462 g/mol. The van der Waals surface area contributed by atoms with Crippen molar-refractivity contribution in [1.82, 2.24) is 19.3 Å². The number of thiazole rings is 1. The first-order valence-corrected chi connectivity index (χ1v) is 10.4. The third kappa shape index (κ3) is 5.38. The van der Waals surface area contributed by atoms with Crippen molar-refractivity contribution in [2.24, 2.45) is 5.73 Å². The van der Waals surface area contributed by atoms with Crippen molar-refractivity contribution in [2.75, 3.05) is 12.8 Å². The molecule has 0 saturated carbocycles. The minimum absolute atomic E-state index is 0. The van der Waals surface area contributed by atoms with E-state index in [-0.39, 0.29) is 43.4 Å². The van der Waals surface area contributed by atoms with Crippen LogP contribution < -0.4 is 11.4 Å². The monoisotopic (exact) mass is 461 g/mol. The Morgan fingerprint density at radius 1 is 1.31 bits per heavy atom. The maximum Gasteiger partial charge on any atom is 0.352 e. The molecule has 3 aromatic rings. The van der Waals surface area contributed by atoms with E-state index in [0.29, 0.717) is 11.5 Å². The zero-order chi connectivity index (χ0) is 19.6. The fourth-order valence-corrected chi connectivity index (χ4v) is 3.80. The van der Waals surface area contributed by atoms with E-state index in [1.165, 1.54) is 34.4 Å². The zero-order valence-corrected chi connectivity index (χ0v) is 17.1. The van der Waals surface area contributed by atoms with Gasteiger partial charge in [0.25, 0.3) is 0 Å². The number of halogens is 2. The lowest BCUT2D eigenvalue weighted by molar-refractivity contribution is 0.602. The van der Waals surface area contributed by atoms with E-state index in [4.69, 9.17) is 5.73 Å². The predicted octanol–water partition coefficient (Wildman–Crippen LogP) is 2.43. The summed E-state index contributed by atoms with van der Waals surface area (Å²) in [5.74, 6) is 0. The highest BCUT2D eigenvalue weighted by Gasteiger charge is 2.13. The average Bonchev–Trinajstić information content (AvgIpc) is 3.26. The van der Waals surface area contributed by atoms with Gasteiger partial charge in [-0.2, -0.15) is 5.10 Å². The second kappa shape index (κ2) is 9.92. The Labute approximate surface area is 177 Å². The van der Waals surface area contributed by atoms with Crippen LogP contribution in [0.1, 0.15) is 7.43 Å². The van der Waals surface area contributed by atoms with E-state index in [9.17, 15) is 17.6 Å². The molecule has 8 nitrogen and oxygen atoms in total. The van der Waals surface area contributed by atoms with Gasteiger partial charge in [-0.3, -0.25) is 0 Å². The maximum atomic E-state index is 12.7. The molecule has 2 aromatic heterocycles. The molecule has 158 valence electrons. The number of hydrogen-bond acceptors (Lipinski definition) is 7.